The number of aromatic hydroxyl groups is 1. The fourth-order valence-corrected chi connectivity index (χ4v) is 4.96. The fourth-order valence-electron chi connectivity index (χ4n) is 4.96. The van der Waals surface area contributed by atoms with E-state index >= 15 is 0 Å². The first kappa shape index (κ1) is 13.9. The molecule has 0 radical (unpaired) electrons. The Balaban J connectivity index is 1.99. The van der Waals surface area contributed by atoms with Crippen LogP contribution in [0.5, 0.6) is 5.75 Å². The maximum Gasteiger partial charge on any atom is 0.125 e. The molecule has 2 heteroatoms. The van der Waals surface area contributed by atoms with Crippen molar-refractivity contribution in [3.05, 3.63) is 59.2 Å². The van der Waals surface area contributed by atoms with Gasteiger partial charge in [-0.3, -0.25) is 0 Å². The summed E-state index contributed by atoms with van der Waals surface area (Å²) in [5, 5.41) is 12.8. The first-order chi connectivity index (χ1) is 11.5. The predicted octanol–water partition coefficient (Wildman–Crippen LogP) is 5.67. The number of fused-ring (bicyclic) bond motifs is 6. The lowest BCUT2D eigenvalue weighted by atomic mass is 9.74. The summed E-state index contributed by atoms with van der Waals surface area (Å²) in [6.45, 7) is 6.89. The number of allylic oxidation sites excluding steroid dienone is 4. The van der Waals surface area contributed by atoms with Gasteiger partial charge in [0.2, 0.25) is 0 Å². The topological polar surface area (TPSA) is 36.0 Å². The Kier molecular flexibility index (Phi) is 2.51. The number of benzene rings is 2. The minimum absolute atomic E-state index is 0.0438. The molecule has 1 aromatic heterocycles. The van der Waals surface area contributed by atoms with Crippen molar-refractivity contribution in [1.82, 2.24) is 4.98 Å². The van der Waals surface area contributed by atoms with Crippen LogP contribution in [0.25, 0.3) is 27.4 Å². The van der Waals surface area contributed by atoms with Crippen molar-refractivity contribution >= 4 is 27.4 Å². The summed E-state index contributed by atoms with van der Waals surface area (Å²) in [5.41, 5.74) is 7.48. The second-order valence-corrected chi connectivity index (χ2v) is 7.73. The Morgan fingerprint density at radius 3 is 2.83 bits per heavy atom. The van der Waals surface area contributed by atoms with E-state index in [9.17, 15) is 5.11 Å². The smallest absolute Gasteiger partial charge is 0.125 e. The Morgan fingerprint density at radius 2 is 2.00 bits per heavy atom. The van der Waals surface area contributed by atoms with Crippen molar-refractivity contribution in [2.45, 2.75) is 32.6 Å². The number of H-pyrrole nitrogens is 1. The van der Waals surface area contributed by atoms with Gasteiger partial charge in [-0.2, -0.15) is 0 Å². The molecule has 24 heavy (non-hydrogen) atoms. The Bertz CT molecular complexity index is 1080. The highest BCUT2D eigenvalue weighted by atomic mass is 16.3. The quantitative estimate of drug-likeness (QED) is 0.551. The molecule has 2 N–H and O–H groups in total. The molecule has 0 saturated carbocycles. The molecule has 2 nitrogen and oxygen atoms in total. The third kappa shape index (κ3) is 1.51. The van der Waals surface area contributed by atoms with E-state index in [4.69, 9.17) is 0 Å². The molecule has 1 unspecified atom stereocenters. The van der Waals surface area contributed by atoms with Gasteiger partial charge in [-0.05, 0) is 41.2 Å². The Hall–Kier alpha value is -2.48. The van der Waals surface area contributed by atoms with Gasteiger partial charge in [0.1, 0.15) is 5.75 Å². The number of nitrogens with one attached hydrogen (secondary N) is 1. The molecule has 0 bridgehead atoms. The molecule has 0 saturated heterocycles. The first-order valence-corrected chi connectivity index (χ1v) is 8.68. The van der Waals surface area contributed by atoms with Gasteiger partial charge in [0, 0.05) is 27.3 Å². The van der Waals surface area contributed by atoms with Gasteiger partial charge < -0.3 is 10.1 Å². The number of para-hydroxylation sites is 1. The maximum atomic E-state index is 10.8. The molecular formula is C22H21NO. The molecule has 120 valence electrons. The van der Waals surface area contributed by atoms with E-state index in [2.05, 4.69) is 50.0 Å². The second kappa shape index (κ2) is 4.32. The molecule has 3 aromatic rings. The van der Waals surface area contributed by atoms with Crippen LogP contribution < -0.4 is 0 Å². The van der Waals surface area contributed by atoms with Crippen LogP contribution in [0, 0.1) is 5.92 Å². The Morgan fingerprint density at radius 1 is 1.21 bits per heavy atom. The van der Waals surface area contributed by atoms with Crippen LogP contribution in [0.1, 0.15) is 38.3 Å². The average molecular weight is 315 g/mol. The van der Waals surface area contributed by atoms with Crippen molar-refractivity contribution < 1.29 is 5.11 Å². The standard InChI is InChI=1S/C22H21NO/c1-12-7-6-9-14-18-15(22(2,3)20(12)14)11-17(24)19-13-8-4-5-10-16(13)23-21(18)19/h4-6,8-12,23-24H,7H2,1-3H3. The summed E-state index contributed by atoms with van der Waals surface area (Å²) >= 11 is 0. The normalized spacial score (nSPS) is 21.5. The third-order valence-corrected chi connectivity index (χ3v) is 5.94. The van der Waals surface area contributed by atoms with Crippen molar-refractivity contribution in [2.75, 3.05) is 0 Å². The molecule has 2 aromatic carbocycles. The SMILES string of the molecule is CC1CC=CC2=C1C(C)(C)c1cc(O)c3c([nH]c4ccccc43)c12. The highest BCUT2D eigenvalue weighted by molar-refractivity contribution is 6.15. The fraction of sp³-hybridized carbons (Fsp3) is 0.273. The van der Waals surface area contributed by atoms with E-state index in [-0.39, 0.29) is 5.41 Å². The maximum absolute atomic E-state index is 10.8. The zero-order chi connectivity index (χ0) is 16.6. The Labute approximate surface area is 141 Å². The lowest BCUT2D eigenvalue weighted by Gasteiger charge is -2.30. The second-order valence-electron chi connectivity index (χ2n) is 7.73. The third-order valence-electron chi connectivity index (χ3n) is 5.94. The lowest BCUT2D eigenvalue weighted by Crippen LogP contribution is -2.22. The predicted molar refractivity (Wildman–Crippen MR) is 100 cm³/mol. The number of phenols is 1. The van der Waals surface area contributed by atoms with E-state index < -0.39 is 0 Å². The number of hydrogen-bond donors (Lipinski definition) is 2. The summed E-state index contributed by atoms with van der Waals surface area (Å²) in [5.74, 6) is 0.916. The van der Waals surface area contributed by atoms with Crippen LogP contribution in [-0.4, -0.2) is 10.1 Å². The highest BCUT2D eigenvalue weighted by Crippen LogP contribution is 2.55. The van der Waals surface area contributed by atoms with Crippen molar-refractivity contribution in [3.63, 3.8) is 0 Å². The summed E-state index contributed by atoms with van der Waals surface area (Å²) in [7, 11) is 0. The van der Waals surface area contributed by atoms with Crippen LogP contribution in [0.4, 0.5) is 0 Å². The van der Waals surface area contributed by atoms with E-state index in [1.807, 2.05) is 18.2 Å². The minimum Gasteiger partial charge on any atom is -0.507 e. The molecule has 5 rings (SSSR count). The van der Waals surface area contributed by atoms with Crippen LogP contribution in [0.2, 0.25) is 0 Å². The summed E-state index contributed by atoms with van der Waals surface area (Å²) < 4.78 is 0. The number of hydrogen-bond acceptors (Lipinski definition) is 1. The van der Waals surface area contributed by atoms with Crippen molar-refractivity contribution in [3.8, 4) is 5.75 Å². The zero-order valence-corrected chi connectivity index (χ0v) is 14.3. The van der Waals surface area contributed by atoms with Crippen molar-refractivity contribution in [1.29, 1.82) is 0 Å². The van der Waals surface area contributed by atoms with Gasteiger partial charge in [0.05, 0.1) is 5.52 Å². The molecule has 0 spiro atoms. The van der Waals surface area contributed by atoms with Gasteiger partial charge >= 0.3 is 0 Å². The van der Waals surface area contributed by atoms with Crippen LogP contribution in [0.15, 0.2) is 48.1 Å². The molecule has 0 fully saturated rings. The number of rotatable bonds is 0. The van der Waals surface area contributed by atoms with E-state index in [1.165, 1.54) is 22.3 Å². The summed E-state index contributed by atoms with van der Waals surface area (Å²) in [6, 6.07) is 10.2. The minimum atomic E-state index is -0.0438. The van der Waals surface area contributed by atoms with Crippen LogP contribution in [-0.2, 0) is 5.41 Å². The number of aromatic nitrogens is 1. The lowest BCUT2D eigenvalue weighted by molar-refractivity contribution is 0.477. The van der Waals surface area contributed by atoms with Gasteiger partial charge in [0.15, 0.2) is 0 Å². The van der Waals surface area contributed by atoms with E-state index in [1.54, 1.807) is 0 Å². The van der Waals surface area contributed by atoms with Gasteiger partial charge in [-0.15, -0.1) is 0 Å². The first-order valence-electron chi connectivity index (χ1n) is 8.68. The number of phenolic OH excluding ortho intramolecular Hbond substituents is 1. The monoisotopic (exact) mass is 315 g/mol. The summed E-state index contributed by atoms with van der Waals surface area (Å²) in [6.07, 6.45) is 5.67. The number of aromatic amines is 1. The van der Waals surface area contributed by atoms with Gasteiger partial charge in [0.25, 0.3) is 0 Å². The van der Waals surface area contributed by atoms with Gasteiger partial charge in [-0.25, -0.2) is 0 Å². The van der Waals surface area contributed by atoms with E-state index in [0.717, 1.165) is 28.2 Å². The molecule has 0 aliphatic heterocycles. The average Bonchev–Trinajstić information content (AvgIpc) is 3.03. The van der Waals surface area contributed by atoms with Crippen LogP contribution >= 0.6 is 0 Å². The molecule has 0 amide bonds. The zero-order valence-electron chi connectivity index (χ0n) is 14.3. The molecule has 2 aliphatic carbocycles. The molecular weight excluding hydrogens is 294 g/mol. The molecule has 1 atom stereocenters. The molecule has 1 heterocycles. The van der Waals surface area contributed by atoms with E-state index in [0.29, 0.717) is 11.7 Å². The highest BCUT2D eigenvalue weighted by Gasteiger charge is 2.41. The molecule has 2 aliphatic rings. The van der Waals surface area contributed by atoms with Crippen molar-refractivity contribution in [2.24, 2.45) is 5.92 Å². The summed E-state index contributed by atoms with van der Waals surface area (Å²) in [4.78, 5) is 3.58. The van der Waals surface area contributed by atoms with Gasteiger partial charge in [-0.1, -0.05) is 51.1 Å². The van der Waals surface area contributed by atoms with Crippen LogP contribution in [0.3, 0.4) is 0 Å². The largest absolute Gasteiger partial charge is 0.507 e.